The Morgan fingerprint density at radius 1 is 0.421 bits per heavy atom. The predicted molar refractivity (Wildman–Crippen MR) is 555 cm³/mol. The summed E-state index contributed by atoms with van der Waals surface area (Å²) in [4.78, 5) is 176. The second-order valence-corrected chi connectivity index (χ2v) is 45.7. The second kappa shape index (κ2) is 52.9. The Kier molecular flexibility index (Phi) is 41.9. The van der Waals surface area contributed by atoms with Gasteiger partial charge in [0.15, 0.2) is 0 Å². The molecule has 145 heavy (non-hydrogen) atoms. The van der Waals surface area contributed by atoms with Gasteiger partial charge in [0.25, 0.3) is 5.69 Å². The molecule has 37 nitrogen and oxygen atoms in total. The number of nitro groups is 1. The van der Waals surface area contributed by atoms with E-state index in [4.69, 9.17) is 33.3 Å². The fraction of sp³-hybridized carbons (Fsp3) is 0.785. The van der Waals surface area contributed by atoms with Crippen molar-refractivity contribution in [3.8, 4) is 11.5 Å². The number of rotatable bonds is 19. The van der Waals surface area contributed by atoms with Gasteiger partial charge < -0.3 is 103 Å². The lowest BCUT2D eigenvalue weighted by Crippen LogP contribution is -2.56. The van der Waals surface area contributed by atoms with Crippen molar-refractivity contribution in [2.45, 2.75) is 344 Å². The number of benzene rings is 2. The lowest BCUT2D eigenvalue weighted by Gasteiger charge is -2.52. The van der Waals surface area contributed by atoms with Crippen LogP contribution >= 0.6 is 11.6 Å². The molecule has 5 saturated carbocycles. The third kappa shape index (κ3) is 32.5. The maximum absolute atomic E-state index is 12.6. The molecule has 3 N–H and O–H groups in total. The van der Waals surface area contributed by atoms with E-state index in [2.05, 4.69) is 58.9 Å². The van der Waals surface area contributed by atoms with Crippen LogP contribution in [-0.4, -0.2) is 375 Å². The Hall–Kier alpha value is -8.98. The molecule has 9 amide bonds. The van der Waals surface area contributed by atoms with Gasteiger partial charge in [0.1, 0.15) is 34.2 Å². The molecule has 5 aliphatic carbocycles. The van der Waals surface area contributed by atoms with Gasteiger partial charge in [0, 0.05) is 275 Å². The van der Waals surface area contributed by atoms with Crippen molar-refractivity contribution in [1.29, 1.82) is 0 Å². The minimum Gasteiger partial charge on any atom is -0.870 e. The van der Waals surface area contributed by atoms with Crippen molar-refractivity contribution in [2.24, 2.45) is 32.3 Å². The molecule has 0 unspecified atom stereocenters. The standard InChI is InChI=1S/C23H32N4O5.C21H37N3O3.C19H33N3O3.C16H29N3O.C12H19NO3.C9H18N2O.C7H4ClNO3.H2O/c1-3-26(17(2)28)18-8-11-24(12-9-18)20-14-23(15-20)10-13-25(16-23)22(29)32-21-6-4-19(5-7-21)27(30)31;1-6-24(16(2)25)17-7-10-22(11-8-17)18-13-21(14-18)9-12-23(15-21)19(26)27-20(3,4)5;1-4-22(15(3)23)16-6-9-20(10-7-16)17-12-19(13-17)8-11-21(14-19)18(24)25-5-2;1-3-19(13(2)20)14-4-8-18(9-5-14)15-10-16(11-15)6-7-17-12-16;1-11(2,3)16-10(15)13-5-4-12(8-13)6-9(14)7-12;1-3-11(8(2)12)9-4-6-10-7-5-9;8-7(10)12-6-3-1-5(9-11)2-4-6;/h4-7,18,20H,3,8-16H2,1-2H3;17-18H,6-15H2,1-5H3;16-17H,4-14H2,1-3H3;14-15,17H,3-12H2,1-2H3;4-8H2,1-3H3;9-10H,3-7H2,1-2H3;1-4H;1H2/p-1/i;;5D2;;;;;. The summed E-state index contributed by atoms with van der Waals surface area (Å²) >= 11 is 4.94. The minimum absolute atomic E-state index is 0. The zero-order valence-electron chi connectivity index (χ0n) is 92.0. The Labute approximate surface area is 868 Å². The number of Topliss-reactive ketones (excluding diaryl/α,β-unsaturated/α-hetero) is 1. The number of piperidine rings is 5. The summed E-state index contributed by atoms with van der Waals surface area (Å²) in [5, 5.41) is 20.2. The van der Waals surface area contributed by atoms with E-state index in [9.17, 15) is 67.8 Å². The average molecular weight is 2060 g/mol. The number of nitrogens with one attached hydrogen (secondary N) is 2. The van der Waals surface area contributed by atoms with Crippen LogP contribution in [0, 0.1) is 42.1 Å². The maximum Gasteiger partial charge on any atom is 0.415 e. The first-order valence-corrected chi connectivity index (χ1v) is 54.0. The van der Waals surface area contributed by atoms with Crippen molar-refractivity contribution in [2.75, 3.05) is 170 Å². The number of amides is 9. The molecule has 10 heterocycles. The number of ketones is 1. The van der Waals surface area contributed by atoms with Crippen molar-refractivity contribution in [3.05, 3.63) is 63.6 Å². The summed E-state index contributed by atoms with van der Waals surface area (Å²) in [5.41, 5.74) is -0.115. The van der Waals surface area contributed by atoms with Crippen molar-refractivity contribution < 1.29 is 89.6 Å². The molecule has 15 aliphatic rings. The zero-order valence-corrected chi connectivity index (χ0v) is 90.7. The summed E-state index contributed by atoms with van der Waals surface area (Å²) in [7, 11) is 0. The topological polar surface area (TPSA) is 403 Å². The Balaban J connectivity index is 0.000000180. The van der Waals surface area contributed by atoms with Gasteiger partial charge in [-0.2, -0.15) is 0 Å². The largest absolute Gasteiger partial charge is 0.870 e. The summed E-state index contributed by atoms with van der Waals surface area (Å²) in [5.74, 6) is 1.92. The Morgan fingerprint density at radius 3 is 1.00 bits per heavy atom. The number of hydrogen-bond acceptors (Lipinski definition) is 27. The molecule has 814 valence electrons. The fourth-order valence-corrected chi connectivity index (χ4v) is 25.8. The van der Waals surface area contributed by atoms with E-state index < -0.39 is 34.2 Å². The second-order valence-electron chi connectivity index (χ2n) is 45.4. The lowest BCUT2D eigenvalue weighted by atomic mass is 9.64. The number of carbonyl (C=O) groups excluding carboxylic acids is 11. The molecule has 17 rings (SSSR count). The summed E-state index contributed by atoms with van der Waals surface area (Å²) < 4.78 is 40.4. The van der Waals surface area contributed by atoms with Crippen LogP contribution in [0.25, 0.3) is 0 Å². The molecule has 5 spiro atoms. The van der Waals surface area contributed by atoms with Crippen molar-refractivity contribution in [3.63, 3.8) is 0 Å². The third-order valence-corrected chi connectivity index (χ3v) is 33.4. The van der Waals surface area contributed by atoms with Gasteiger partial charge in [-0.3, -0.25) is 38.9 Å². The first-order chi connectivity index (χ1) is 68.9. The molecule has 10 saturated heterocycles. The smallest absolute Gasteiger partial charge is 0.415 e. The molecular formula is C107H173ClN17O20-. The van der Waals surface area contributed by atoms with E-state index in [1.165, 1.54) is 114 Å². The van der Waals surface area contributed by atoms with E-state index in [1.807, 2.05) is 86.8 Å². The van der Waals surface area contributed by atoms with Gasteiger partial charge in [-0.25, -0.2) is 24.0 Å². The van der Waals surface area contributed by atoms with Crippen LogP contribution in [0.5, 0.6) is 11.5 Å². The lowest BCUT2D eigenvalue weighted by molar-refractivity contribution is -0.384. The average Bonchev–Trinajstić information content (AvgIpc) is 1.64. The molecule has 15 fully saturated rings. The monoisotopic (exact) mass is 2050 g/mol. The number of nitroso groups, excluding NO2 is 1. The van der Waals surface area contributed by atoms with Crippen LogP contribution in [0.1, 0.15) is 281 Å². The van der Waals surface area contributed by atoms with Crippen LogP contribution in [0.15, 0.2) is 53.7 Å². The van der Waals surface area contributed by atoms with Crippen molar-refractivity contribution >= 4 is 88.1 Å². The number of non-ortho nitro benzene ring substituents is 1. The quantitative estimate of drug-likeness (QED) is 0.0433. The zero-order chi connectivity index (χ0) is 107. The number of nitrogens with zero attached hydrogens (tertiary/aromatic N) is 15. The number of likely N-dealkylation sites (tertiary alicyclic amines) is 8. The summed E-state index contributed by atoms with van der Waals surface area (Å²) in [6.07, 6.45) is 25.8. The van der Waals surface area contributed by atoms with E-state index >= 15 is 0 Å². The van der Waals surface area contributed by atoms with E-state index in [0.717, 1.165) is 226 Å². The SMILES string of the molecule is CC(C)(C)OC(=O)N1CCC2(CC(=O)C2)C1.CCN(C(C)=O)C1CCN(C2CC3(CCN(C(=O)OC(C)(C)C)C3)C2)CC1.CCN(C(C)=O)C1CCN(C2CC3(CCN(C(=O)Oc4ccc([N+](=O)[O-])cc4)C3)C2)CC1.CCN(C(C)=O)C1CCN(C2CC3(CCNC3)C2)CC1.CCN(C(C)=O)C1CCNCC1.O=Nc1ccc(OC(=O)Cl)cc1.[2H]C([2H])(C)OC(=O)N1CCC2(CC(N3CCC(N(CC)C(C)=O)CC3)C2)C1.[OH-]. The van der Waals surface area contributed by atoms with Gasteiger partial charge in [0.05, 0.1) is 14.2 Å². The molecule has 0 radical (unpaired) electrons. The van der Waals surface area contributed by atoms with Gasteiger partial charge in [0.2, 0.25) is 29.5 Å². The molecule has 0 atom stereocenters. The van der Waals surface area contributed by atoms with Gasteiger partial charge in [-0.05, 0) is 314 Å². The molecule has 10 aliphatic heterocycles. The van der Waals surface area contributed by atoms with Gasteiger partial charge in [-0.15, -0.1) is 4.91 Å². The van der Waals surface area contributed by atoms with Gasteiger partial charge in [-0.1, -0.05) is 0 Å². The minimum atomic E-state index is -1.93. The predicted octanol–water partition coefficient (Wildman–Crippen LogP) is 15.4. The highest BCUT2D eigenvalue weighted by Crippen LogP contribution is 2.55. The molecule has 2 aromatic carbocycles. The van der Waals surface area contributed by atoms with Crippen LogP contribution in [0.4, 0.5) is 35.3 Å². The molecule has 0 aromatic heterocycles. The van der Waals surface area contributed by atoms with Gasteiger partial charge >= 0.3 is 29.8 Å². The first kappa shape index (κ1) is 115. The number of carbonyl (C=O) groups is 11. The summed E-state index contributed by atoms with van der Waals surface area (Å²) in [6, 6.07) is 16.0. The highest BCUT2D eigenvalue weighted by Gasteiger charge is 2.57. The van der Waals surface area contributed by atoms with E-state index in [0.29, 0.717) is 116 Å². The molecule has 0 bridgehead atoms. The van der Waals surface area contributed by atoms with Crippen LogP contribution < -0.4 is 20.1 Å². The molecular weight excluding hydrogens is 1880 g/mol. The number of ether oxygens (including phenoxy) is 5. The van der Waals surface area contributed by atoms with Crippen molar-refractivity contribution in [1.82, 2.24) is 74.3 Å². The normalized spacial score (nSPS) is 26.6. The molecule has 38 heteroatoms. The fourth-order valence-electron chi connectivity index (χ4n) is 25.7. The highest BCUT2D eigenvalue weighted by atomic mass is 35.5. The molecule has 2 aromatic rings. The number of hydrogen-bond donors (Lipinski definition) is 2. The summed E-state index contributed by atoms with van der Waals surface area (Å²) in [6.45, 7) is 52.5. The van der Waals surface area contributed by atoms with Crippen LogP contribution in [-0.2, 0) is 43.0 Å². The first-order valence-electron chi connectivity index (χ1n) is 54.7. The van der Waals surface area contributed by atoms with E-state index in [-0.39, 0.29) is 86.7 Å². The van der Waals surface area contributed by atoms with E-state index in [1.54, 1.807) is 49.3 Å². The number of nitro benzene ring substituents is 1. The van der Waals surface area contributed by atoms with Crippen LogP contribution in [0.2, 0.25) is 0 Å². The van der Waals surface area contributed by atoms with Crippen LogP contribution in [0.3, 0.4) is 0 Å². The maximum atomic E-state index is 12.6. The Bertz CT molecular complexity index is 4580. The third-order valence-electron chi connectivity index (χ3n) is 33.3. The Morgan fingerprint density at radius 2 is 0.717 bits per heavy atom. The number of halogens is 1. The highest BCUT2D eigenvalue weighted by molar-refractivity contribution is 6.61.